The van der Waals surface area contributed by atoms with E-state index in [2.05, 4.69) is 20.3 Å². The van der Waals surface area contributed by atoms with E-state index >= 15 is 0 Å². The number of ether oxygens (including phenoxy) is 3. The van der Waals surface area contributed by atoms with Crippen LogP contribution in [0.5, 0.6) is 0 Å². The summed E-state index contributed by atoms with van der Waals surface area (Å²) in [6.45, 7) is 3.18. The molecule has 0 aliphatic carbocycles. The topological polar surface area (TPSA) is 146 Å². The molecule has 2 aliphatic rings. The highest BCUT2D eigenvalue weighted by molar-refractivity contribution is 8.04. The van der Waals surface area contributed by atoms with E-state index in [0.29, 0.717) is 17.9 Å². The molecule has 152 valence electrons. The lowest BCUT2D eigenvalue weighted by Gasteiger charge is -2.41. The molecule has 0 bridgehead atoms. The zero-order valence-corrected chi connectivity index (χ0v) is 16.0. The fraction of sp³-hybridized carbons (Fsp3) is 0.600. The van der Waals surface area contributed by atoms with Crippen LogP contribution in [0.25, 0.3) is 0 Å². The van der Waals surface area contributed by atoms with Crippen LogP contribution in [0, 0.1) is 5.92 Å². The van der Waals surface area contributed by atoms with Crippen molar-refractivity contribution in [1.29, 1.82) is 0 Å². The number of amides is 1. The Bertz CT molecular complexity index is 784. The van der Waals surface area contributed by atoms with Crippen molar-refractivity contribution in [2.24, 2.45) is 5.92 Å². The van der Waals surface area contributed by atoms with Crippen LogP contribution in [0.3, 0.4) is 0 Å². The minimum absolute atomic E-state index is 0.0806. The van der Waals surface area contributed by atoms with Gasteiger partial charge in [0.25, 0.3) is 0 Å². The fourth-order valence-electron chi connectivity index (χ4n) is 2.81. The average Bonchev–Trinajstić information content (AvgIpc) is 3.26. The predicted molar refractivity (Wildman–Crippen MR) is 91.9 cm³/mol. The molecule has 1 fully saturated rings. The van der Waals surface area contributed by atoms with E-state index in [4.69, 9.17) is 9.47 Å². The molecule has 1 aromatic heterocycles. The summed E-state index contributed by atoms with van der Waals surface area (Å²) in [5, 5.41) is 19.9. The van der Waals surface area contributed by atoms with Gasteiger partial charge in [-0.25, -0.2) is 14.3 Å². The number of aliphatic hydroxyl groups is 1. The van der Waals surface area contributed by atoms with Gasteiger partial charge in [0.15, 0.2) is 0 Å². The second kappa shape index (κ2) is 8.56. The molecule has 3 heterocycles. The first kappa shape index (κ1) is 20.1. The molecular formula is C15H19N5O7S. The molecule has 1 unspecified atom stereocenters. The van der Waals surface area contributed by atoms with Crippen molar-refractivity contribution in [2.45, 2.75) is 38.5 Å². The lowest BCUT2D eigenvalue weighted by molar-refractivity contribution is -0.169. The lowest BCUT2D eigenvalue weighted by Crippen LogP contribution is -2.58. The van der Waals surface area contributed by atoms with Crippen LogP contribution in [0.15, 0.2) is 16.9 Å². The summed E-state index contributed by atoms with van der Waals surface area (Å²) < 4.78 is 16.1. The summed E-state index contributed by atoms with van der Waals surface area (Å²) in [4.78, 5) is 38.2. The van der Waals surface area contributed by atoms with Gasteiger partial charge in [-0.15, -0.1) is 16.9 Å². The van der Waals surface area contributed by atoms with E-state index < -0.39 is 24.3 Å². The number of aryl methyl sites for hydroxylation is 1. The molecule has 0 radical (unpaired) electrons. The second-order valence-electron chi connectivity index (χ2n) is 5.87. The number of rotatable bonds is 8. The lowest BCUT2D eigenvalue weighted by atomic mass is 9.98. The number of thioether (sulfide) groups is 1. The molecule has 1 saturated heterocycles. The standard InChI is InChI=1S/C15H19N5O7S/c1-3-25-15(24)27-8(2)26-14(23)11-10(4-5-19-7-16-17-18-19)28-13-9(6-21)12(22)20(11)13/h7-9,13,21H,3-6H2,1-2H3/t8?,9-,13+/m0/s1. The van der Waals surface area contributed by atoms with Gasteiger partial charge in [-0.1, -0.05) is 0 Å². The smallest absolute Gasteiger partial charge is 0.435 e. The molecule has 1 amide bonds. The Labute approximate surface area is 163 Å². The average molecular weight is 413 g/mol. The van der Waals surface area contributed by atoms with Crippen LogP contribution in [0.1, 0.15) is 20.3 Å². The number of tetrazole rings is 1. The Hall–Kier alpha value is -2.67. The van der Waals surface area contributed by atoms with Gasteiger partial charge in [0.2, 0.25) is 12.2 Å². The molecule has 2 aliphatic heterocycles. The maximum absolute atomic E-state index is 12.7. The maximum atomic E-state index is 12.7. The normalized spacial score (nSPS) is 21.8. The van der Waals surface area contributed by atoms with Crippen LogP contribution in [-0.4, -0.2) is 73.1 Å². The molecule has 28 heavy (non-hydrogen) atoms. The van der Waals surface area contributed by atoms with E-state index in [9.17, 15) is 19.5 Å². The van der Waals surface area contributed by atoms with Crippen molar-refractivity contribution in [2.75, 3.05) is 13.2 Å². The van der Waals surface area contributed by atoms with E-state index in [-0.39, 0.29) is 30.2 Å². The third-order valence-corrected chi connectivity index (χ3v) is 5.53. The number of nitrogens with zero attached hydrogens (tertiary/aromatic N) is 5. The molecule has 3 atom stereocenters. The number of allylic oxidation sites excluding steroid dienone is 1. The van der Waals surface area contributed by atoms with E-state index in [1.165, 1.54) is 34.6 Å². The number of carbonyl (C=O) groups excluding carboxylic acids is 3. The molecule has 3 rings (SSSR count). The van der Waals surface area contributed by atoms with Crippen molar-refractivity contribution < 1.29 is 33.7 Å². The number of β-lactam (4-membered cyclic amide) rings is 1. The summed E-state index contributed by atoms with van der Waals surface area (Å²) in [6, 6.07) is 0. The molecule has 0 saturated carbocycles. The molecule has 13 heteroatoms. The number of esters is 1. The maximum Gasteiger partial charge on any atom is 0.511 e. The first-order valence-corrected chi connectivity index (χ1v) is 9.43. The number of aliphatic hydroxyl groups excluding tert-OH is 1. The van der Waals surface area contributed by atoms with E-state index in [1.807, 2.05) is 0 Å². The quantitative estimate of drug-likeness (QED) is 0.345. The zero-order valence-electron chi connectivity index (χ0n) is 15.2. The van der Waals surface area contributed by atoms with Crippen LogP contribution < -0.4 is 0 Å². The summed E-state index contributed by atoms with van der Waals surface area (Å²) in [7, 11) is 0. The van der Waals surface area contributed by atoms with Gasteiger partial charge in [-0.05, 0) is 17.4 Å². The molecule has 0 aromatic carbocycles. The Kier molecular flexibility index (Phi) is 6.14. The highest BCUT2D eigenvalue weighted by Gasteiger charge is 2.55. The van der Waals surface area contributed by atoms with Crippen molar-refractivity contribution in [3.8, 4) is 0 Å². The van der Waals surface area contributed by atoms with Gasteiger partial charge in [-0.2, -0.15) is 0 Å². The fourth-order valence-corrected chi connectivity index (χ4v) is 4.28. The molecule has 12 nitrogen and oxygen atoms in total. The Morgan fingerprint density at radius 2 is 2.18 bits per heavy atom. The third kappa shape index (κ3) is 3.94. The highest BCUT2D eigenvalue weighted by atomic mass is 32.2. The van der Waals surface area contributed by atoms with Gasteiger partial charge in [0, 0.05) is 24.8 Å². The van der Waals surface area contributed by atoms with Gasteiger partial charge in [0.1, 0.15) is 17.4 Å². The minimum atomic E-state index is -1.20. The van der Waals surface area contributed by atoms with Gasteiger partial charge >= 0.3 is 12.1 Å². The minimum Gasteiger partial charge on any atom is -0.435 e. The largest absolute Gasteiger partial charge is 0.511 e. The predicted octanol–water partition coefficient (Wildman–Crippen LogP) is -0.139. The van der Waals surface area contributed by atoms with Gasteiger partial charge in [0.05, 0.1) is 19.1 Å². The number of carbonyl (C=O) groups is 3. The number of hydrogen-bond donors (Lipinski definition) is 1. The summed E-state index contributed by atoms with van der Waals surface area (Å²) in [5.41, 5.74) is 0.0806. The first-order valence-electron chi connectivity index (χ1n) is 8.55. The molecule has 1 aromatic rings. The SMILES string of the molecule is CCOC(=O)OC(C)OC(=O)C1=C(CCn2cnnn2)S[C@@H]2[C@@H](CO)C(=O)N12. The second-order valence-corrected chi connectivity index (χ2v) is 7.09. The Balaban J connectivity index is 1.72. The van der Waals surface area contributed by atoms with Gasteiger partial charge < -0.3 is 19.3 Å². The monoisotopic (exact) mass is 413 g/mol. The zero-order chi connectivity index (χ0) is 20.3. The van der Waals surface area contributed by atoms with Crippen molar-refractivity contribution >= 4 is 29.8 Å². The molecule has 0 spiro atoms. The summed E-state index contributed by atoms with van der Waals surface area (Å²) >= 11 is 1.31. The van der Waals surface area contributed by atoms with Crippen LogP contribution in [0.2, 0.25) is 0 Å². The van der Waals surface area contributed by atoms with E-state index in [0.717, 1.165) is 0 Å². The third-order valence-electron chi connectivity index (χ3n) is 4.07. The van der Waals surface area contributed by atoms with Crippen molar-refractivity contribution in [3.63, 3.8) is 0 Å². The van der Waals surface area contributed by atoms with E-state index in [1.54, 1.807) is 6.92 Å². The number of aromatic nitrogens is 4. The van der Waals surface area contributed by atoms with Gasteiger partial charge in [-0.3, -0.25) is 9.69 Å². The molecule has 1 N–H and O–H groups in total. The Morgan fingerprint density at radius 3 is 2.82 bits per heavy atom. The van der Waals surface area contributed by atoms with Crippen LogP contribution >= 0.6 is 11.8 Å². The van der Waals surface area contributed by atoms with Crippen LogP contribution in [0.4, 0.5) is 4.79 Å². The Morgan fingerprint density at radius 1 is 1.39 bits per heavy atom. The van der Waals surface area contributed by atoms with Crippen LogP contribution in [-0.2, 0) is 30.3 Å². The van der Waals surface area contributed by atoms with Crippen molar-refractivity contribution in [3.05, 3.63) is 16.9 Å². The number of hydrogen-bond acceptors (Lipinski definition) is 11. The highest BCUT2D eigenvalue weighted by Crippen LogP contribution is 2.50. The van der Waals surface area contributed by atoms with Crippen molar-refractivity contribution in [1.82, 2.24) is 25.1 Å². The molecular weight excluding hydrogens is 394 g/mol. The summed E-state index contributed by atoms with van der Waals surface area (Å²) in [6.07, 6.45) is -0.348. The first-order chi connectivity index (χ1) is 13.5. The summed E-state index contributed by atoms with van der Waals surface area (Å²) in [5.74, 6) is -1.74. The number of fused-ring (bicyclic) bond motifs is 1.